The van der Waals surface area contributed by atoms with Crippen LogP contribution < -0.4 is 0 Å². The summed E-state index contributed by atoms with van der Waals surface area (Å²) in [6.07, 6.45) is 5.53. The number of hydrogen-bond donors (Lipinski definition) is 1. The van der Waals surface area contributed by atoms with Gasteiger partial charge in [0, 0.05) is 0 Å². The highest BCUT2D eigenvalue weighted by Gasteiger charge is 1.85. The molecule has 0 fully saturated rings. The van der Waals surface area contributed by atoms with E-state index in [9.17, 15) is 8.42 Å². The molecule has 0 N–H and O–H groups in total. The second-order valence-corrected chi connectivity index (χ2v) is 2.47. The summed E-state index contributed by atoms with van der Waals surface area (Å²) in [4.78, 5) is 0. The van der Waals surface area contributed by atoms with E-state index < -0.39 is 11.0 Å². The zero-order valence-corrected chi connectivity index (χ0v) is 6.84. The maximum absolute atomic E-state index is 9.83. The molecule has 4 heteroatoms. The van der Waals surface area contributed by atoms with Crippen molar-refractivity contribution in [2.75, 3.05) is 6.61 Å². The Bertz CT molecular complexity index is 152. The molecule has 0 aromatic carbocycles. The predicted molar refractivity (Wildman–Crippen MR) is 40.3 cm³/mol. The number of thiol groups is 1. The SMILES string of the molecule is CC=CCCCO[SH](=O)=O. The summed E-state index contributed by atoms with van der Waals surface area (Å²) in [6.45, 7) is 2.22. The molecule has 60 valence electrons. The zero-order chi connectivity index (χ0) is 7.82. The van der Waals surface area contributed by atoms with E-state index in [-0.39, 0.29) is 0 Å². The minimum Gasteiger partial charge on any atom is -0.272 e. The molecule has 0 aliphatic carbocycles. The maximum atomic E-state index is 9.83. The van der Waals surface area contributed by atoms with Gasteiger partial charge < -0.3 is 0 Å². The van der Waals surface area contributed by atoms with Gasteiger partial charge >= 0.3 is 0 Å². The third-order valence-corrected chi connectivity index (χ3v) is 1.34. The van der Waals surface area contributed by atoms with Crippen LogP contribution in [0.2, 0.25) is 0 Å². The molecule has 10 heavy (non-hydrogen) atoms. The van der Waals surface area contributed by atoms with Gasteiger partial charge in [0.2, 0.25) is 0 Å². The lowest BCUT2D eigenvalue weighted by molar-refractivity contribution is 0.328. The highest BCUT2D eigenvalue weighted by molar-refractivity contribution is 7.67. The van der Waals surface area contributed by atoms with E-state index in [0.29, 0.717) is 6.61 Å². The van der Waals surface area contributed by atoms with Gasteiger partial charge in [-0.25, -0.2) is 8.42 Å². The molecule has 0 unspecified atom stereocenters. The molecule has 0 bridgehead atoms. The van der Waals surface area contributed by atoms with Crippen LogP contribution in [0.25, 0.3) is 0 Å². The third-order valence-electron chi connectivity index (χ3n) is 0.948. The second-order valence-electron chi connectivity index (χ2n) is 1.77. The predicted octanol–water partition coefficient (Wildman–Crippen LogP) is 0.886. The van der Waals surface area contributed by atoms with E-state index >= 15 is 0 Å². The quantitative estimate of drug-likeness (QED) is 0.373. The lowest BCUT2D eigenvalue weighted by atomic mass is 10.3. The Kier molecular flexibility index (Phi) is 6.53. The molecule has 0 radical (unpaired) electrons. The second kappa shape index (κ2) is 6.77. The van der Waals surface area contributed by atoms with Gasteiger partial charge in [0.05, 0.1) is 6.61 Å². The molecule has 0 aliphatic rings. The van der Waals surface area contributed by atoms with Crippen molar-refractivity contribution in [2.45, 2.75) is 19.8 Å². The number of rotatable bonds is 5. The van der Waals surface area contributed by atoms with Crippen LogP contribution in [0.15, 0.2) is 12.2 Å². The van der Waals surface area contributed by atoms with E-state index in [2.05, 4.69) is 4.18 Å². The van der Waals surface area contributed by atoms with Crippen LogP contribution in [-0.2, 0) is 15.2 Å². The molecule has 0 aromatic heterocycles. The summed E-state index contributed by atoms with van der Waals surface area (Å²) in [6, 6.07) is 0. The average Bonchev–Trinajstić information content (AvgIpc) is 1.87. The summed E-state index contributed by atoms with van der Waals surface area (Å²) in [5, 5.41) is 0. The van der Waals surface area contributed by atoms with Crippen molar-refractivity contribution < 1.29 is 12.6 Å². The molecule has 3 nitrogen and oxygen atoms in total. The minimum atomic E-state index is -2.65. The molecule has 0 rings (SSSR count). The summed E-state index contributed by atoms with van der Waals surface area (Å²) in [5.74, 6) is 0. The van der Waals surface area contributed by atoms with Crippen molar-refractivity contribution in [3.05, 3.63) is 12.2 Å². The Labute approximate surface area is 62.9 Å². The van der Waals surface area contributed by atoms with Crippen LogP contribution in [-0.4, -0.2) is 15.0 Å². The summed E-state index contributed by atoms with van der Waals surface area (Å²) in [7, 11) is -2.65. The van der Waals surface area contributed by atoms with Gasteiger partial charge in [-0.15, -0.1) is 0 Å². The number of unbranched alkanes of at least 4 members (excludes halogenated alkanes) is 1. The Balaban J connectivity index is 3.05. The zero-order valence-electron chi connectivity index (χ0n) is 5.95. The van der Waals surface area contributed by atoms with Crippen LogP contribution in [0.3, 0.4) is 0 Å². The Morgan fingerprint density at radius 2 is 2.20 bits per heavy atom. The van der Waals surface area contributed by atoms with Crippen molar-refractivity contribution in [3.63, 3.8) is 0 Å². The van der Waals surface area contributed by atoms with Gasteiger partial charge in [-0.05, 0) is 19.8 Å². The fraction of sp³-hybridized carbons (Fsp3) is 0.667. The summed E-state index contributed by atoms with van der Waals surface area (Å²) in [5.41, 5.74) is 0. The van der Waals surface area contributed by atoms with Crippen LogP contribution in [0.5, 0.6) is 0 Å². The van der Waals surface area contributed by atoms with Crippen molar-refractivity contribution in [1.82, 2.24) is 0 Å². The Morgan fingerprint density at radius 3 is 2.70 bits per heavy atom. The lowest BCUT2D eigenvalue weighted by Crippen LogP contribution is -1.90. The highest BCUT2D eigenvalue weighted by atomic mass is 32.2. The molecule has 0 aliphatic heterocycles. The van der Waals surface area contributed by atoms with Gasteiger partial charge in [0.1, 0.15) is 0 Å². The van der Waals surface area contributed by atoms with Crippen LogP contribution >= 0.6 is 0 Å². The Morgan fingerprint density at radius 1 is 1.50 bits per heavy atom. The van der Waals surface area contributed by atoms with Crippen molar-refractivity contribution in [3.8, 4) is 0 Å². The van der Waals surface area contributed by atoms with E-state index in [0.717, 1.165) is 12.8 Å². The van der Waals surface area contributed by atoms with E-state index in [1.165, 1.54) is 0 Å². The molecule has 0 atom stereocenters. The van der Waals surface area contributed by atoms with Crippen molar-refractivity contribution in [1.29, 1.82) is 0 Å². The van der Waals surface area contributed by atoms with Crippen molar-refractivity contribution >= 4 is 11.0 Å². The van der Waals surface area contributed by atoms with E-state index in [1.807, 2.05) is 19.1 Å². The summed E-state index contributed by atoms with van der Waals surface area (Å²) >= 11 is 0. The molecule has 0 heterocycles. The first-order chi connectivity index (χ1) is 4.77. The van der Waals surface area contributed by atoms with Crippen LogP contribution in [0.1, 0.15) is 19.8 Å². The molecule has 0 spiro atoms. The van der Waals surface area contributed by atoms with E-state index in [4.69, 9.17) is 0 Å². The highest BCUT2D eigenvalue weighted by Crippen LogP contribution is 1.91. The van der Waals surface area contributed by atoms with Gasteiger partial charge in [-0.1, -0.05) is 12.2 Å². The van der Waals surface area contributed by atoms with Crippen molar-refractivity contribution in [2.24, 2.45) is 0 Å². The average molecular weight is 164 g/mol. The molecule has 0 saturated heterocycles. The van der Waals surface area contributed by atoms with Crippen LogP contribution in [0, 0.1) is 0 Å². The molecule has 0 saturated carbocycles. The van der Waals surface area contributed by atoms with Crippen LogP contribution in [0.4, 0.5) is 0 Å². The first-order valence-electron chi connectivity index (χ1n) is 3.16. The minimum absolute atomic E-state index is 0.295. The topological polar surface area (TPSA) is 43.4 Å². The van der Waals surface area contributed by atoms with E-state index in [1.54, 1.807) is 0 Å². The molecule has 0 aromatic rings. The fourth-order valence-electron chi connectivity index (χ4n) is 0.507. The Hall–Kier alpha value is -0.350. The standard InChI is InChI=1S/C6H12O3S/c1-2-3-4-5-6-9-10(7)8/h2-3,10H,4-6H2,1H3. The fourth-order valence-corrected chi connectivity index (χ4v) is 0.785. The van der Waals surface area contributed by atoms with Gasteiger partial charge in [0.15, 0.2) is 0 Å². The third kappa shape index (κ3) is 7.65. The van der Waals surface area contributed by atoms with Gasteiger partial charge in [0.25, 0.3) is 11.0 Å². The molecular weight excluding hydrogens is 152 g/mol. The lowest BCUT2D eigenvalue weighted by Gasteiger charge is -1.91. The largest absolute Gasteiger partial charge is 0.272 e. The van der Waals surface area contributed by atoms with Gasteiger partial charge in [-0.3, -0.25) is 4.18 Å². The van der Waals surface area contributed by atoms with Gasteiger partial charge in [-0.2, -0.15) is 0 Å². The molecule has 0 amide bonds. The summed E-state index contributed by atoms with van der Waals surface area (Å²) < 4.78 is 24.0. The number of hydrogen-bond acceptors (Lipinski definition) is 3. The normalized spacial score (nSPS) is 11.4. The number of allylic oxidation sites excluding steroid dienone is 2. The smallest absolute Gasteiger partial charge is 0.257 e. The molecular formula is C6H12O3S. The maximum Gasteiger partial charge on any atom is 0.257 e. The monoisotopic (exact) mass is 164 g/mol. The first-order valence-corrected chi connectivity index (χ1v) is 4.25. The first kappa shape index (κ1) is 9.65.